The lowest BCUT2D eigenvalue weighted by Gasteiger charge is -2.00. The molecule has 0 fully saturated rings. The van der Waals surface area contributed by atoms with Crippen molar-refractivity contribution < 1.29 is 0 Å². The van der Waals surface area contributed by atoms with Gasteiger partial charge in [-0.3, -0.25) is 0 Å². The molecule has 0 radical (unpaired) electrons. The fourth-order valence-corrected chi connectivity index (χ4v) is 1.71. The largest absolute Gasteiger partial charge is 0.359 e. The molecule has 2 aromatic heterocycles. The third kappa shape index (κ3) is 1.18. The minimum atomic E-state index is 1.22. The fraction of sp³-hybridized carbons (Fsp3) is 0.333. The maximum absolute atomic E-state index is 3.31. The maximum Gasteiger partial charge on any atom is 0.0654 e. The van der Waals surface area contributed by atoms with Gasteiger partial charge in [0.2, 0.25) is 0 Å². The van der Waals surface area contributed by atoms with Crippen LogP contribution in [0.2, 0.25) is 0 Å². The molecule has 14 heavy (non-hydrogen) atoms. The van der Waals surface area contributed by atoms with Gasteiger partial charge in [0.05, 0.1) is 11.4 Å². The Bertz CT molecular complexity index is 416. The molecule has 0 bridgehead atoms. The van der Waals surface area contributed by atoms with E-state index in [1.54, 1.807) is 0 Å². The van der Waals surface area contributed by atoms with E-state index in [1.165, 1.54) is 33.6 Å². The molecule has 0 spiro atoms. The van der Waals surface area contributed by atoms with E-state index in [1.807, 2.05) is 0 Å². The summed E-state index contributed by atoms with van der Waals surface area (Å²) in [5, 5.41) is 0. The summed E-state index contributed by atoms with van der Waals surface area (Å²) < 4.78 is 0. The minimum absolute atomic E-state index is 1.22. The van der Waals surface area contributed by atoms with Crippen LogP contribution in [0, 0.1) is 27.7 Å². The maximum atomic E-state index is 3.31. The Balaban J connectivity index is 2.60. The zero-order chi connectivity index (χ0) is 10.3. The van der Waals surface area contributed by atoms with Crippen LogP contribution in [0.15, 0.2) is 12.4 Å². The molecule has 74 valence electrons. The van der Waals surface area contributed by atoms with E-state index in [4.69, 9.17) is 0 Å². The zero-order valence-electron chi connectivity index (χ0n) is 9.15. The highest BCUT2D eigenvalue weighted by Gasteiger charge is 2.10. The Morgan fingerprint density at radius 2 is 1.07 bits per heavy atom. The van der Waals surface area contributed by atoms with Crippen molar-refractivity contribution in [1.29, 1.82) is 0 Å². The van der Waals surface area contributed by atoms with Gasteiger partial charge in [-0.05, 0) is 49.9 Å². The molecular formula is C12H16N2. The molecule has 0 aliphatic carbocycles. The lowest BCUT2D eigenvalue weighted by atomic mass is 10.1. The molecule has 2 N–H and O–H groups in total. The summed E-state index contributed by atoms with van der Waals surface area (Å²) in [6, 6.07) is 0. The lowest BCUT2D eigenvalue weighted by Crippen LogP contribution is -1.84. The van der Waals surface area contributed by atoms with Gasteiger partial charge in [0.15, 0.2) is 0 Å². The van der Waals surface area contributed by atoms with Crippen LogP contribution >= 0.6 is 0 Å². The van der Waals surface area contributed by atoms with Crippen molar-refractivity contribution in [3.63, 3.8) is 0 Å². The molecule has 0 unspecified atom stereocenters. The Morgan fingerprint density at radius 1 is 0.714 bits per heavy atom. The van der Waals surface area contributed by atoms with E-state index in [0.29, 0.717) is 0 Å². The summed E-state index contributed by atoms with van der Waals surface area (Å²) in [7, 11) is 0. The highest BCUT2D eigenvalue weighted by atomic mass is 14.8. The quantitative estimate of drug-likeness (QED) is 0.688. The Labute approximate surface area is 84.4 Å². The van der Waals surface area contributed by atoms with Gasteiger partial charge in [0.1, 0.15) is 0 Å². The number of aromatic amines is 2. The van der Waals surface area contributed by atoms with E-state index < -0.39 is 0 Å². The second-order valence-electron chi connectivity index (χ2n) is 3.94. The zero-order valence-corrected chi connectivity index (χ0v) is 9.15. The van der Waals surface area contributed by atoms with Gasteiger partial charge in [-0.2, -0.15) is 0 Å². The van der Waals surface area contributed by atoms with E-state index in [2.05, 4.69) is 50.1 Å². The van der Waals surface area contributed by atoms with Crippen LogP contribution in [0.3, 0.4) is 0 Å². The van der Waals surface area contributed by atoms with Crippen molar-refractivity contribution in [3.05, 3.63) is 34.6 Å². The summed E-state index contributed by atoms with van der Waals surface area (Å²) in [4.78, 5) is 6.63. The van der Waals surface area contributed by atoms with Crippen LogP contribution in [0.1, 0.15) is 22.3 Å². The van der Waals surface area contributed by atoms with E-state index in [9.17, 15) is 0 Å². The number of hydrogen-bond acceptors (Lipinski definition) is 0. The fourth-order valence-electron chi connectivity index (χ4n) is 1.71. The van der Waals surface area contributed by atoms with Crippen molar-refractivity contribution in [3.8, 4) is 11.4 Å². The molecule has 2 aromatic rings. The topological polar surface area (TPSA) is 31.6 Å². The second kappa shape index (κ2) is 3.05. The van der Waals surface area contributed by atoms with Gasteiger partial charge in [-0.1, -0.05) is 0 Å². The van der Waals surface area contributed by atoms with Gasteiger partial charge in [-0.15, -0.1) is 0 Å². The van der Waals surface area contributed by atoms with Crippen molar-refractivity contribution in [2.45, 2.75) is 27.7 Å². The van der Waals surface area contributed by atoms with Crippen LogP contribution in [-0.2, 0) is 0 Å². The Kier molecular flexibility index (Phi) is 1.99. The molecular weight excluding hydrogens is 172 g/mol. The van der Waals surface area contributed by atoms with Crippen LogP contribution in [0.25, 0.3) is 11.4 Å². The summed E-state index contributed by atoms with van der Waals surface area (Å²) >= 11 is 0. The number of hydrogen-bond donors (Lipinski definition) is 2. The van der Waals surface area contributed by atoms with Gasteiger partial charge in [0.25, 0.3) is 0 Å². The van der Waals surface area contributed by atoms with Gasteiger partial charge in [0, 0.05) is 12.4 Å². The monoisotopic (exact) mass is 188 g/mol. The van der Waals surface area contributed by atoms with Crippen LogP contribution < -0.4 is 0 Å². The molecule has 2 heteroatoms. The summed E-state index contributed by atoms with van der Waals surface area (Å²) in [5.74, 6) is 0. The highest BCUT2D eigenvalue weighted by molar-refractivity contribution is 5.66. The third-order valence-electron chi connectivity index (χ3n) is 3.05. The minimum Gasteiger partial charge on any atom is -0.359 e. The van der Waals surface area contributed by atoms with E-state index in [-0.39, 0.29) is 0 Å². The molecule has 2 nitrogen and oxygen atoms in total. The van der Waals surface area contributed by atoms with E-state index in [0.717, 1.165) is 0 Å². The summed E-state index contributed by atoms with van der Waals surface area (Å²) in [6.45, 7) is 8.55. The summed E-state index contributed by atoms with van der Waals surface area (Å²) in [6.07, 6.45) is 4.11. The molecule has 0 amide bonds. The van der Waals surface area contributed by atoms with Gasteiger partial charge >= 0.3 is 0 Å². The Morgan fingerprint density at radius 3 is 1.29 bits per heavy atom. The van der Waals surface area contributed by atoms with Gasteiger partial charge < -0.3 is 9.97 Å². The van der Waals surface area contributed by atoms with Crippen molar-refractivity contribution in [2.24, 2.45) is 0 Å². The molecule has 2 heterocycles. The standard InChI is InChI=1S/C12H16N2/c1-7-5-13-11(9(7)3)12-10(4)8(2)6-14-12/h5-6,13-14H,1-4H3. The van der Waals surface area contributed by atoms with Crippen LogP contribution in [0.5, 0.6) is 0 Å². The van der Waals surface area contributed by atoms with Crippen LogP contribution in [0.4, 0.5) is 0 Å². The highest BCUT2D eigenvalue weighted by Crippen LogP contribution is 2.27. The Hall–Kier alpha value is -1.44. The third-order valence-corrected chi connectivity index (χ3v) is 3.05. The molecule has 0 aromatic carbocycles. The molecule has 2 rings (SSSR count). The SMILES string of the molecule is Cc1c[nH]c(-c2[nH]cc(C)c2C)c1C. The first kappa shape index (κ1) is 9.13. The average molecular weight is 188 g/mol. The molecule has 0 aliphatic heterocycles. The molecule has 0 aliphatic rings. The smallest absolute Gasteiger partial charge is 0.0654 e. The molecule has 0 atom stereocenters. The predicted octanol–water partition coefficient (Wildman–Crippen LogP) is 3.24. The first-order valence-corrected chi connectivity index (χ1v) is 4.90. The van der Waals surface area contributed by atoms with Crippen LogP contribution in [-0.4, -0.2) is 9.97 Å². The van der Waals surface area contributed by atoms with Crippen molar-refractivity contribution in [1.82, 2.24) is 9.97 Å². The second-order valence-corrected chi connectivity index (χ2v) is 3.94. The lowest BCUT2D eigenvalue weighted by molar-refractivity contribution is 1.29. The predicted molar refractivity (Wildman–Crippen MR) is 59.5 cm³/mol. The van der Waals surface area contributed by atoms with Crippen molar-refractivity contribution >= 4 is 0 Å². The number of rotatable bonds is 1. The molecule has 0 saturated carbocycles. The first-order chi connectivity index (χ1) is 6.61. The van der Waals surface area contributed by atoms with Gasteiger partial charge in [-0.25, -0.2) is 0 Å². The number of aryl methyl sites for hydroxylation is 2. The first-order valence-electron chi connectivity index (χ1n) is 4.90. The van der Waals surface area contributed by atoms with Crippen molar-refractivity contribution in [2.75, 3.05) is 0 Å². The number of H-pyrrole nitrogens is 2. The molecule has 0 saturated heterocycles. The number of aromatic nitrogens is 2. The van der Waals surface area contributed by atoms with E-state index >= 15 is 0 Å². The number of nitrogens with one attached hydrogen (secondary N) is 2. The summed E-state index contributed by atoms with van der Waals surface area (Å²) in [5.41, 5.74) is 7.71. The average Bonchev–Trinajstić information content (AvgIpc) is 2.63. The normalized spacial score (nSPS) is 10.9.